The van der Waals surface area contributed by atoms with Gasteiger partial charge in [0.15, 0.2) is 0 Å². The van der Waals surface area contributed by atoms with E-state index < -0.39 is 0 Å². The van der Waals surface area contributed by atoms with Crippen LogP contribution in [0, 0.1) is 0 Å². The fraction of sp³-hybridized carbons (Fsp3) is 0.417. The summed E-state index contributed by atoms with van der Waals surface area (Å²) in [6.45, 7) is 0. The van der Waals surface area contributed by atoms with Crippen LogP contribution in [0.3, 0.4) is 0 Å². The number of rotatable bonds is 6. The number of nitrogens with one attached hydrogen (secondary N) is 1. The van der Waals surface area contributed by atoms with Gasteiger partial charge in [0.2, 0.25) is 0 Å². The predicted molar refractivity (Wildman–Crippen MR) is 73.9 cm³/mol. The van der Waals surface area contributed by atoms with Crippen LogP contribution in [-0.4, -0.2) is 31.1 Å². The number of anilines is 1. The number of carbonyl (C=O) groups is 1. The van der Waals surface area contributed by atoms with Gasteiger partial charge in [-0.15, -0.1) is 0 Å². The van der Waals surface area contributed by atoms with Gasteiger partial charge < -0.3 is 10.1 Å². The lowest BCUT2D eigenvalue weighted by atomic mass is 10.2. The molecular formula is C12H16ClNO2S. The molecule has 0 saturated carbocycles. The average Bonchev–Trinajstić information content (AvgIpc) is 2.36. The molecule has 94 valence electrons. The van der Waals surface area contributed by atoms with Crippen LogP contribution in [0.1, 0.15) is 6.42 Å². The van der Waals surface area contributed by atoms with E-state index in [0.717, 1.165) is 17.9 Å². The Hall–Kier alpha value is -0.870. The zero-order valence-electron chi connectivity index (χ0n) is 9.90. The standard InChI is InChI=1S/C12H16ClNO2S/c1-16-12(15)11(7-8-17-2)14-10-5-3-9(13)4-6-10/h3-6,11,14H,7-8H2,1-2H3. The average molecular weight is 274 g/mol. The lowest BCUT2D eigenvalue weighted by molar-refractivity contribution is -0.141. The minimum atomic E-state index is -0.311. The van der Waals surface area contributed by atoms with Gasteiger partial charge in [0.25, 0.3) is 0 Å². The number of esters is 1. The van der Waals surface area contributed by atoms with Gasteiger partial charge in [-0.3, -0.25) is 0 Å². The summed E-state index contributed by atoms with van der Waals surface area (Å²) in [6.07, 6.45) is 2.74. The Morgan fingerprint density at radius 2 is 2.12 bits per heavy atom. The summed E-state index contributed by atoms with van der Waals surface area (Å²) in [5.41, 5.74) is 0.867. The number of hydrogen-bond acceptors (Lipinski definition) is 4. The Labute approximate surface area is 111 Å². The van der Waals surface area contributed by atoms with Crippen molar-refractivity contribution in [3.63, 3.8) is 0 Å². The molecule has 0 aliphatic rings. The maximum atomic E-state index is 11.6. The van der Waals surface area contributed by atoms with Crippen molar-refractivity contribution in [2.45, 2.75) is 12.5 Å². The van der Waals surface area contributed by atoms with E-state index in [1.165, 1.54) is 7.11 Å². The Morgan fingerprint density at radius 3 is 2.65 bits per heavy atom. The lowest BCUT2D eigenvalue weighted by Gasteiger charge is -2.17. The molecule has 0 aromatic heterocycles. The van der Waals surface area contributed by atoms with Crippen LogP contribution in [0.25, 0.3) is 0 Å². The molecule has 1 N–H and O–H groups in total. The van der Waals surface area contributed by atoms with Gasteiger partial charge in [-0.2, -0.15) is 11.8 Å². The van der Waals surface area contributed by atoms with Gasteiger partial charge in [-0.1, -0.05) is 11.6 Å². The number of ether oxygens (including phenoxy) is 1. The summed E-state index contributed by atoms with van der Waals surface area (Å²) in [5, 5.41) is 3.82. The second-order valence-electron chi connectivity index (χ2n) is 3.51. The molecule has 17 heavy (non-hydrogen) atoms. The second kappa shape index (κ2) is 7.45. The highest BCUT2D eigenvalue weighted by atomic mass is 35.5. The summed E-state index contributed by atoms with van der Waals surface area (Å²) >= 11 is 7.50. The first-order valence-electron chi connectivity index (χ1n) is 5.26. The molecule has 5 heteroatoms. The van der Waals surface area contributed by atoms with Crippen molar-refractivity contribution in [1.29, 1.82) is 0 Å². The van der Waals surface area contributed by atoms with Gasteiger partial charge in [0.1, 0.15) is 6.04 Å². The van der Waals surface area contributed by atoms with Crippen LogP contribution < -0.4 is 5.32 Å². The maximum absolute atomic E-state index is 11.6. The van der Waals surface area contributed by atoms with E-state index in [2.05, 4.69) is 5.32 Å². The maximum Gasteiger partial charge on any atom is 0.328 e. The summed E-state index contributed by atoms with van der Waals surface area (Å²) in [4.78, 5) is 11.6. The molecule has 1 aromatic rings. The highest BCUT2D eigenvalue weighted by Gasteiger charge is 2.18. The molecule has 0 aliphatic heterocycles. The van der Waals surface area contributed by atoms with E-state index in [9.17, 15) is 4.79 Å². The molecule has 1 rings (SSSR count). The first-order valence-corrected chi connectivity index (χ1v) is 7.03. The highest BCUT2D eigenvalue weighted by Crippen LogP contribution is 2.16. The molecule has 0 spiro atoms. The molecule has 1 unspecified atom stereocenters. The Balaban J connectivity index is 2.64. The third kappa shape index (κ3) is 4.88. The Kier molecular flexibility index (Phi) is 6.22. The lowest BCUT2D eigenvalue weighted by Crippen LogP contribution is -2.31. The monoisotopic (exact) mass is 273 g/mol. The first-order chi connectivity index (χ1) is 8.17. The van der Waals surface area contributed by atoms with E-state index in [1.807, 2.05) is 18.4 Å². The summed E-state index contributed by atoms with van der Waals surface area (Å²) in [5.74, 6) is 0.661. The quantitative estimate of drug-likeness (QED) is 0.809. The Morgan fingerprint density at radius 1 is 1.47 bits per heavy atom. The number of methoxy groups -OCH3 is 1. The molecule has 3 nitrogen and oxygen atoms in total. The first kappa shape index (κ1) is 14.2. The number of benzene rings is 1. The third-order valence-electron chi connectivity index (χ3n) is 2.28. The van der Waals surface area contributed by atoms with Crippen molar-refractivity contribution >= 4 is 35.0 Å². The van der Waals surface area contributed by atoms with Gasteiger partial charge in [0.05, 0.1) is 7.11 Å². The van der Waals surface area contributed by atoms with Crippen LogP contribution in [0.15, 0.2) is 24.3 Å². The fourth-order valence-corrected chi connectivity index (χ4v) is 1.97. The van der Waals surface area contributed by atoms with Crippen LogP contribution in [0.5, 0.6) is 0 Å². The van der Waals surface area contributed by atoms with E-state index in [1.54, 1.807) is 23.9 Å². The molecule has 0 fully saturated rings. The fourth-order valence-electron chi connectivity index (χ4n) is 1.37. The normalized spacial score (nSPS) is 11.9. The van der Waals surface area contributed by atoms with Gasteiger partial charge in [-0.25, -0.2) is 4.79 Å². The summed E-state index contributed by atoms with van der Waals surface area (Å²) in [7, 11) is 1.40. The number of carbonyl (C=O) groups excluding carboxylic acids is 1. The third-order valence-corrected chi connectivity index (χ3v) is 3.18. The van der Waals surface area contributed by atoms with E-state index in [-0.39, 0.29) is 12.0 Å². The smallest absolute Gasteiger partial charge is 0.328 e. The number of thioether (sulfide) groups is 1. The van der Waals surface area contributed by atoms with E-state index in [0.29, 0.717) is 5.02 Å². The molecule has 0 heterocycles. The van der Waals surface area contributed by atoms with Crippen molar-refractivity contribution in [3.8, 4) is 0 Å². The van der Waals surface area contributed by atoms with Crippen molar-refractivity contribution < 1.29 is 9.53 Å². The van der Waals surface area contributed by atoms with Crippen molar-refractivity contribution in [3.05, 3.63) is 29.3 Å². The van der Waals surface area contributed by atoms with Gasteiger partial charge in [0, 0.05) is 10.7 Å². The number of hydrogen-bond donors (Lipinski definition) is 1. The molecule has 0 aliphatic carbocycles. The van der Waals surface area contributed by atoms with Crippen molar-refractivity contribution in [2.24, 2.45) is 0 Å². The Bertz CT molecular complexity index is 356. The molecule has 0 amide bonds. The molecule has 0 bridgehead atoms. The summed E-state index contributed by atoms with van der Waals surface area (Å²) < 4.78 is 4.77. The molecule has 1 atom stereocenters. The van der Waals surface area contributed by atoms with Crippen LogP contribution in [-0.2, 0) is 9.53 Å². The van der Waals surface area contributed by atoms with E-state index >= 15 is 0 Å². The minimum Gasteiger partial charge on any atom is -0.467 e. The largest absolute Gasteiger partial charge is 0.467 e. The predicted octanol–water partition coefficient (Wildman–Crippen LogP) is 3.05. The van der Waals surface area contributed by atoms with Gasteiger partial charge in [-0.05, 0) is 42.7 Å². The molecule has 0 saturated heterocycles. The van der Waals surface area contributed by atoms with Crippen LogP contribution in [0.2, 0.25) is 5.02 Å². The minimum absolute atomic E-state index is 0.242. The molecule has 1 aromatic carbocycles. The van der Waals surface area contributed by atoms with Crippen molar-refractivity contribution in [2.75, 3.05) is 24.4 Å². The summed E-state index contributed by atoms with van der Waals surface area (Å²) in [6, 6.07) is 6.95. The highest BCUT2D eigenvalue weighted by molar-refractivity contribution is 7.98. The van der Waals surface area contributed by atoms with Crippen LogP contribution >= 0.6 is 23.4 Å². The van der Waals surface area contributed by atoms with E-state index in [4.69, 9.17) is 16.3 Å². The van der Waals surface area contributed by atoms with Gasteiger partial charge >= 0.3 is 5.97 Å². The second-order valence-corrected chi connectivity index (χ2v) is 4.93. The van der Waals surface area contributed by atoms with Crippen LogP contribution in [0.4, 0.5) is 5.69 Å². The number of halogens is 1. The zero-order valence-corrected chi connectivity index (χ0v) is 11.5. The molecular weight excluding hydrogens is 258 g/mol. The zero-order chi connectivity index (χ0) is 12.7. The topological polar surface area (TPSA) is 38.3 Å². The molecule has 0 radical (unpaired) electrons. The van der Waals surface area contributed by atoms with Crippen molar-refractivity contribution in [1.82, 2.24) is 0 Å². The SMILES string of the molecule is COC(=O)C(CCSC)Nc1ccc(Cl)cc1.